The fourth-order valence-electron chi connectivity index (χ4n) is 2.89. The van der Waals surface area contributed by atoms with E-state index < -0.39 is 0 Å². The zero-order valence-corrected chi connectivity index (χ0v) is 11.9. The van der Waals surface area contributed by atoms with Crippen molar-refractivity contribution in [2.45, 2.75) is 44.4 Å². The summed E-state index contributed by atoms with van der Waals surface area (Å²) < 4.78 is 11.5. The first-order chi connectivity index (χ1) is 9.17. The Hall–Kier alpha value is -0.840. The molecule has 1 aromatic heterocycles. The Morgan fingerprint density at radius 3 is 2.58 bits per heavy atom. The van der Waals surface area contributed by atoms with Gasteiger partial charge in [0.1, 0.15) is 5.15 Å². The number of nitrogens with zero attached hydrogens (tertiary/aromatic N) is 1. The van der Waals surface area contributed by atoms with Crippen LogP contribution in [-0.4, -0.2) is 30.0 Å². The Morgan fingerprint density at radius 2 is 1.95 bits per heavy atom. The van der Waals surface area contributed by atoms with Gasteiger partial charge in [0.05, 0.1) is 24.6 Å². The first kappa shape index (κ1) is 13.2. The lowest BCUT2D eigenvalue weighted by Crippen LogP contribution is -2.39. The Kier molecular flexibility index (Phi) is 3.65. The first-order valence-corrected chi connectivity index (χ1v) is 7.22. The van der Waals surface area contributed by atoms with Crippen LogP contribution in [0.2, 0.25) is 5.15 Å². The van der Waals surface area contributed by atoms with Crippen molar-refractivity contribution in [3.8, 4) is 0 Å². The summed E-state index contributed by atoms with van der Waals surface area (Å²) in [6.45, 7) is 3.44. The minimum absolute atomic E-state index is 0.286. The molecule has 0 aromatic carbocycles. The highest BCUT2D eigenvalue weighted by Gasteiger charge is 2.40. The van der Waals surface area contributed by atoms with E-state index in [2.05, 4.69) is 10.3 Å². The fraction of sp³-hybridized carbons (Fsp3) is 0.643. The second-order valence-electron chi connectivity index (χ2n) is 5.29. The summed E-state index contributed by atoms with van der Waals surface area (Å²) in [5.74, 6) is -0.286. The molecule has 2 fully saturated rings. The lowest BCUT2D eigenvalue weighted by atomic mass is 9.90. The molecule has 0 atom stereocenters. The third-order valence-electron chi connectivity index (χ3n) is 3.97. The summed E-state index contributed by atoms with van der Waals surface area (Å²) in [5, 5.41) is 4.09. The maximum Gasteiger partial charge on any atom is 0.168 e. The van der Waals surface area contributed by atoms with E-state index in [0.717, 1.165) is 50.3 Å². The van der Waals surface area contributed by atoms with E-state index in [1.165, 1.54) is 0 Å². The third kappa shape index (κ3) is 2.86. The van der Waals surface area contributed by atoms with Gasteiger partial charge < -0.3 is 14.8 Å². The third-order valence-corrected chi connectivity index (χ3v) is 4.18. The lowest BCUT2D eigenvalue weighted by Gasteiger charge is -2.36. The molecule has 2 aliphatic rings. The molecule has 0 amide bonds. The molecule has 1 aliphatic carbocycles. The van der Waals surface area contributed by atoms with E-state index in [0.29, 0.717) is 11.2 Å². The number of aromatic nitrogens is 1. The van der Waals surface area contributed by atoms with Crippen LogP contribution in [0, 0.1) is 6.92 Å². The quantitative estimate of drug-likeness (QED) is 0.847. The summed E-state index contributed by atoms with van der Waals surface area (Å²) in [6.07, 6.45) is 4.04. The molecule has 1 saturated carbocycles. The van der Waals surface area contributed by atoms with Crippen molar-refractivity contribution in [3.63, 3.8) is 0 Å². The number of anilines is 1. The molecule has 2 heterocycles. The highest BCUT2D eigenvalue weighted by atomic mass is 35.5. The van der Waals surface area contributed by atoms with Crippen LogP contribution in [0.25, 0.3) is 0 Å². The van der Waals surface area contributed by atoms with E-state index in [9.17, 15) is 0 Å². The highest BCUT2D eigenvalue weighted by molar-refractivity contribution is 6.29. The molecule has 1 spiro atoms. The largest absolute Gasteiger partial charge is 0.381 e. The Balaban J connectivity index is 1.60. The molecule has 1 N–H and O–H groups in total. The van der Waals surface area contributed by atoms with Crippen LogP contribution in [0.4, 0.5) is 5.69 Å². The molecular formula is C14H19ClN2O2. The summed E-state index contributed by atoms with van der Waals surface area (Å²) in [4.78, 5) is 4.26. The Bertz CT molecular complexity index is 451. The van der Waals surface area contributed by atoms with Gasteiger partial charge >= 0.3 is 0 Å². The van der Waals surface area contributed by atoms with Crippen molar-refractivity contribution in [3.05, 3.63) is 23.0 Å². The zero-order valence-electron chi connectivity index (χ0n) is 11.1. The van der Waals surface area contributed by atoms with Crippen LogP contribution >= 0.6 is 11.6 Å². The SMILES string of the molecule is Cc1nc(Cl)ccc1NC1CCC2(CC1)OCCO2. The smallest absolute Gasteiger partial charge is 0.168 e. The normalized spacial score (nSPS) is 22.8. The van der Waals surface area contributed by atoms with Gasteiger partial charge in [0, 0.05) is 18.9 Å². The van der Waals surface area contributed by atoms with Crippen molar-refractivity contribution >= 4 is 17.3 Å². The van der Waals surface area contributed by atoms with Crippen LogP contribution in [0.1, 0.15) is 31.4 Å². The van der Waals surface area contributed by atoms with Gasteiger partial charge in [0.2, 0.25) is 0 Å². The Labute approximate surface area is 118 Å². The van der Waals surface area contributed by atoms with Crippen molar-refractivity contribution < 1.29 is 9.47 Å². The van der Waals surface area contributed by atoms with Gasteiger partial charge in [0.25, 0.3) is 0 Å². The van der Waals surface area contributed by atoms with Gasteiger partial charge in [-0.25, -0.2) is 4.98 Å². The van der Waals surface area contributed by atoms with Crippen LogP contribution in [0.15, 0.2) is 12.1 Å². The van der Waals surface area contributed by atoms with Gasteiger partial charge in [-0.05, 0) is 31.9 Å². The molecule has 104 valence electrons. The Morgan fingerprint density at radius 1 is 1.26 bits per heavy atom. The number of pyridine rings is 1. The van der Waals surface area contributed by atoms with Gasteiger partial charge in [-0.3, -0.25) is 0 Å². The summed E-state index contributed by atoms with van der Waals surface area (Å²) >= 11 is 5.87. The predicted octanol–water partition coefficient (Wildman–Crippen LogP) is 3.14. The number of rotatable bonds is 2. The molecule has 19 heavy (non-hydrogen) atoms. The van der Waals surface area contributed by atoms with Gasteiger partial charge in [-0.15, -0.1) is 0 Å². The maximum atomic E-state index is 5.87. The van der Waals surface area contributed by atoms with E-state index >= 15 is 0 Å². The van der Waals surface area contributed by atoms with E-state index in [1.807, 2.05) is 19.1 Å². The summed E-state index contributed by atoms with van der Waals surface area (Å²) in [6, 6.07) is 4.28. The molecule has 5 heteroatoms. The average Bonchev–Trinajstić information content (AvgIpc) is 2.84. The van der Waals surface area contributed by atoms with Crippen LogP contribution in [-0.2, 0) is 9.47 Å². The number of halogens is 1. The predicted molar refractivity (Wildman–Crippen MR) is 74.5 cm³/mol. The molecule has 1 saturated heterocycles. The van der Waals surface area contributed by atoms with E-state index in [1.54, 1.807) is 0 Å². The standard InChI is InChI=1S/C14H19ClN2O2/c1-10-12(2-3-13(15)16-10)17-11-4-6-14(7-5-11)18-8-9-19-14/h2-3,11,17H,4-9H2,1H3. The first-order valence-electron chi connectivity index (χ1n) is 6.84. The molecule has 0 radical (unpaired) electrons. The average molecular weight is 283 g/mol. The lowest BCUT2D eigenvalue weighted by molar-refractivity contribution is -0.177. The highest BCUT2D eigenvalue weighted by Crippen LogP contribution is 2.36. The van der Waals surface area contributed by atoms with Crippen molar-refractivity contribution in [1.29, 1.82) is 0 Å². The fourth-order valence-corrected chi connectivity index (χ4v) is 3.08. The second-order valence-corrected chi connectivity index (χ2v) is 5.68. The van der Waals surface area contributed by atoms with Crippen LogP contribution in [0.3, 0.4) is 0 Å². The van der Waals surface area contributed by atoms with Gasteiger partial charge in [-0.1, -0.05) is 11.6 Å². The minimum Gasteiger partial charge on any atom is -0.381 e. The van der Waals surface area contributed by atoms with E-state index in [-0.39, 0.29) is 5.79 Å². The number of ether oxygens (including phenoxy) is 2. The molecule has 3 rings (SSSR count). The van der Waals surface area contributed by atoms with Crippen LogP contribution < -0.4 is 5.32 Å². The molecule has 1 aromatic rings. The zero-order chi connectivity index (χ0) is 13.3. The van der Waals surface area contributed by atoms with Crippen molar-refractivity contribution in [2.75, 3.05) is 18.5 Å². The van der Waals surface area contributed by atoms with Crippen LogP contribution in [0.5, 0.6) is 0 Å². The monoisotopic (exact) mass is 282 g/mol. The van der Waals surface area contributed by atoms with Crippen molar-refractivity contribution in [2.24, 2.45) is 0 Å². The molecule has 0 unspecified atom stereocenters. The number of hydrogen-bond acceptors (Lipinski definition) is 4. The topological polar surface area (TPSA) is 43.4 Å². The molecular weight excluding hydrogens is 264 g/mol. The second kappa shape index (κ2) is 5.27. The molecule has 4 nitrogen and oxygen atoms in total. The summed E-state index contributed by atoms with van der Waals surface area (Å²) in [7, 11) is 0. The maximum absolute atomic E-state index is 5.87. The molecule has 0 bridgehead atoms. The molecule has 1 aliphatic heterocycles. The number of hydrogen-bond donors (Lipinski definition) is 1. The number of nitrogens with one attached hydrogen (secondary N) is 1. The summed E-state index contributed by atoms with van der Waals surface area (Å²) in [5.41, 5.74) is 2.01. The van der Waals surface area contributed by atoms with Gasteiger partial charge in [0.15, 0.2) is 5.79 Å². The minimum atomic E-state index is -0.286. The van der Waals surface area contributed by atoms with E-state index in [4.69, 9.17) is 21.1 Å². The number of aryl methyl sites for hydroxylation is 1. The van der Waals surface area contributed by atoms with Gasteiger partial charge in [-0.2, -0.15) is 0 Å². The van der Waals surface area contributed by atoms with Crippen molar-refractivity contribution in [1.82, 2.24) is 4.98 Å².